The minimum absolute atomic E-state index is 0.112. The van der Waals surface area contributed by atoms with Crippen LogP contribution in [0.2, 0.25) is 0 Å². The van der Waals surface area contributed by atoms with Gasteiger partial charge in [-0.3, -0.25) is 14.9 Å². The number of para-hydroxylation sites is 1. The van der Waals surface area contributed by atoms with Crippen molar-refractivity contribution in [1.82, 2.24) is 10.3 Å². The fraction of sp³-hybridized carbons (Fsp3) is 0.231. The fourth-order valence-corrected chi connectivity index (χ4v) is 1.80. The first kappa shape index (κ1) is 13.9. The standard InChI is InChI=1S/C13H14N4O3/c14-7-2-8-15-13(18)10-6-5-9-3-1-4-11(17(19)20)12(9)16-10/h1,3-6H,2,7-8,14H2,(H,15,18). The minimum atomic E-state index is -0.508. The quantitative estimate of drug-likeness (QED) is 0.483. The SMILES string of the molecule is NCCCNC(=O)c1ccc2cccc([N+](=O)[O-])c2n1. The third-order valence-corrected chi connectivity index (χ3v) is 2.79. The van der Waals surface area contributed by atoms with Crippen molar-refractivity contribution >= 4 is 22.5 Å². The number of hydrogen-bond acceptors (Lipinski definition) is 5. The van der Waals surface area contributed by atoms with Gasteiger partial charge in [0, 0.05) is 18.0 Å². The van der Waals surface area contributed by atoms with Crippen LogP contribution in [-0.4, -0.2) is 28.9 Å². The highest BCUT2D eigenvalue weighted by molar-refractivity contribution is 5.96. The number of carbonyl (C=O) groups is 1. The Morgan fingerprint density at radius 1 is 1.35 bits per heavy atom. The van der Waals surface area contributed by atoms with E-state index in [0.29, 0.717) is 24.9 Å². The predicted molar refractivity (Wildman–Crippen MR) is 74.4 cm³/mol. The number of amides is 1. The average molecular weight is 274 g/mol. The maximum absolute atomic E-state index is 11.9. The third kappa shape index (κ3) is 2.89. The number of nitrogens with zero attached hydrogens (tertiary/aromatic N) is 2. The Morgan fingerprint density at radius 2 is 2.15 bits per heavy atom. The molecule has 0 bridgehead atoms. The summed E-state index contributed by atoms with van der Waals surface area (Å²) in [6.07, 6.45) is 0.666. The molecule has 1 aromatic carbocycles. The summed E-state index contributed by atoms with van der Waals surface area (Å²) in [6.45, 7) is 0.933. The zero-order valence-corrected chi connectivity index (χ0v) is 10.7. The number of pyridine rings is 1. The summed E-state index contributed by atoms with van der Waals surface area (Å²) in [5.41, 5.74) is 5.60. The van der Waals surface area contributed by atoms with Crippen molar-refractivity contribution in [1.29, 1.82) is 0 Å². The van der Waals surface area contributed by atoms with Gasteiger partial charge in [0.2, 0.25) is 0 Å². The molecule has 0 atom stereocenters. The van der Waals surface area contributed by atoms with Crippen LogP contribution in [0.4, 0.5) is 5.69 Å². The first-order valence-electron chi connectivity index (χ1n) is 6.16. The van der Waals surface area contributed by atoms with Crippen molar-refractivity contribution in [3.05, 3.63) is 46.1 Å². The van der Waals surface area contributed by atoms with Gasteiger partial charge in [0.15, 0.2) is 0 Å². The Bertz CT molecular complexity index is 657. The van der Waals surface area contributed by atoms with Crippen molar-refractivity contribution < 1.29 is 9.72 Å². The maximum Gasteiger partial charge on any atom is 0.295 e. The topological polar surface area (TPSA) is 111 Å². The molecule has 0 spiro atoms. The molecule has 0 saturated carbocycles. The van der Waals surface area contributed by atoms with E-state index in [4.69, 9.17) is 5.73 Å². The maximum atomic E-state index is 11.9. The number of nitrogens with two attached hydrogens (primary N) is 1. The molecule has 0 aliphatic carbocycles. The molecule has 0 aliphatic heterocycles. The summed E-state index contributed by atoms with van der Waals surface area (Å²) in [5, 5.41) is 14.2. The summed E-state index contributed by atoms with van der Waals surface area (Å²) < 4.78 is 0. The number of non-ortho nitro benzene ring substituents is 1. The van der Waals surface area contributed by atoms with Gasteiger partial charge in [-0.15, -0.1) is 0 Å². The van der Waals surface area contributed by atoms with Crippen LogP contribution in [0.5, 0.6) is 0 Å². The van der Waals surface area contributed by atoms with Crippen LogP contribution in [0.1, 0.15) is 16.9 Å². The lowest BCUT2D eigenvalue weighted by atomic mass is 10.1. The van der Waals surface area contributed by atoms with Gasteiger partial charge >= 0.3 is 0 Å². The molecular weight excluding hydrogens is 260 g/mol. The van der Waals surface area contributed by atoms with Crippen molar-refractivity contribution in [2.24, 2.45) is 5.73 Å². The normalized spacial score (nSPS) is 10.4. The number of benzene rings is 1. The van der Waals surface area contributed by atoms with Crippen molar-refractivity contribution in [3.8, 4) is 0 Å². The van der Waals surface area contributed by atoms with Gasteiger partial charge in [-0.25, -0.2) is 4.98 Å². The van der Waals surface area contributed by atoms with E-state index in [-0.39, 0.29) is 22.8 Å². The van der Waals surface area contributed by atoms with E-state index >= 15 is 0 Å². The van der Waals surface area contributed by atoms with Gasteiger partial charge in [0.1, 0.15) is 11.2 Å². The van der Waals surface area contributed by atoms with E-state index in [0.717, 1.165) is 0 Å². The smallest absolute Gasteiger partial charge is 0.295 e. The van der Waals surface area contributed by atoms with Crippen LogP contribution in [0, 0.1) is 10.1 Å². The molecule has 1 aromatic heterocycles. The Kier molecular flexibility index (Phi) is 4.21. The molecular formula is C13H14N4O3. The number of hydrogen-bond donors (Lipinski definition) is 2. The molecule has 0 radical (unpaired) electrons. The monoisotopic (exact) mass is 274 g/mol. The molecule has 1 amide bonds. The molecule has 1 heterocycles. The van der Waals surface area contributed by atoms with Crippen LogP contribution < -0.4 is 11.1 Å². The minimum Gasteiger partial charge on any atom is -0.351 e. The van der Waals surface area contributed by atoms with Crippen LogP contribution in [0.3, 0.4) is 0 Å². The molecule has 0 aliphatic rings. The molecule has 3 N–H and O–H groups in total. The van der Waals surface area contributed by atoms with Gasteiger partial charge in [0.05, 0.1) is 4.92 Å². The fourth-order valence-electron chi connectivity index (χ4n) is 1.80. The van der Waals surface area contributed by atoms with Crippen molar-refractivity contribution in [2.75, 3.05) is 13.1 Å². The van der Waals surface area contributed by atoms with Crippen LogP contribution >= 0.6 is 0 Å². The van der Waals surface area contributed by atoms with Crippen molar-refractivity contribution in [3.63, 3.8) is 0 Å². The zero-order chi connectivity index (χ0) is 14.5. The van der Waals surface area contributed by atoms with E-state index < -0.39 is 4.92 Å². The Morgan fingerprint density at radius 3 is 2.85 bits per heavy atom. The summed E-state index contributed by atoms with van der Waals surface area (Å²) in [6, 6.07) is 7.86. The van der Waals surface area contributed by atoms with Gasteiger partial charge in [-0.05, 0) is 19.0 Å². The molecule has 2 aromatic rings. The van der Waals surface area contributed by atoms with Gasteiger partial charge in [-0.1, -0.05) is 18.2 Å². The first-order valence-corrected chi connectivity index (χ1v) is 6.16. The molecule has 0 unspecified atom stereocenters. The first-order chi connectivity index (χ1) is 9.63. The van der Waals surface area contributed by atoms with Crippen LogP contribution in [-0.2, 0) is 0 Å². The average Bonchev–Trinajstić information content (AvgIpc) is 2.46. The van der Waals surface area contributed by atoms with E-state index in [2.05, 4.69) is 10.3 Å². The number of nitro benzene ring substituents is 1. The number of nitro groups is 1. The van der Waals surface area contributed by atoms with Crippen LogP contribution in [0.15, 0.2) is 30.3 Å². The predicted octanol–water partition coefficient (Wildman–Crippen LogP) is 1.22. The second-order valence-electron chi connectivity index (χ2n) is 4.20. The highest BCUT2D eigenvalue weighted by atomic mass is 16.6. The molecule has 7 heteroatoms. The lowest BCUT2D eigenvalue weighted by Gasteiger charge is -2.05. The zero-order valence-electron chi connectivity index (χ0n) is 10.7. The van der Waals surface area contributed by atoms with E-state index in [1.807, 2.05) is 0 Å². The van der Waals surface area contributed by atoms with E-state index in [9.17, 15) is 14.9 Å². The Labute approximate surface area is 114 Å². The largest absolute Gasteiger partial charge is 0.351 e. The number of carbonyl (C=O) groups excluding carboxylic acids is 1. The molecule has 0 fully saturated rings. The Balaban J connectivity index is 2.34. The van der Waals surface area contributed by atoms with Gasteiger partial charge in [-0.2, -0.15) is 0 Å². The number of aromatic nitrogens is 1. The van der Waals surface area contributed by atoms with E-state index in [1.54, 1.807) is 24.3 Å². The summed E-state index contributed by atoms with van der Waals surface area (Å²) >= 11 is 0. The van der Waals surface area contributed by atoms with Gasteiger partial charge < -0.3 is 11.1 Å². The number of fused-ring (bicyclic) bond motifs is 1. The Hall–Kier alpha value is -2.54. The lowest BCUT2D eigenvalue weighted by Crippen LogP contribution is -2.26. The lowest BCUT2D eigenvalue weighted by molar-refractivity contribution is -0.383. The molecule has 7 nitrogen and oxygen atoms in total. The van der Waals surface area contributed by atoms with Crippen LogP contribution in [0.25, 0.3) is 10.9 Å². The van der Waals surface area contributed by atoms with Crippen molar-refractivity contribution in [2.45, 2.75) is 6.42 Å². The molecule has 0 saturated heterocycles. The second kappa shape index (κ2) is 6.07. The third-order valence-electron chi connectivity index (χ3n) is 2.79. The molecule has 2 rings (SSSR count). The number of nitrogens with one attached hydrogen (secondary N) is 1. The van der Waals surface area contributed by atoms with Gasteiger partial charge in [0.25, 0.3) is 11.6 Å². The molecule has 20 heavy (non-hydrogen) atoms. The summed E-state index contributed by atoms with van der Waals surface area (Å²) in [5.74, 6) is -0.362. The summed E-state index contributed by atoms with van der Waals surface area (Å²) in [4.78, 5) is 26.4. The summed E-state index contributed by atoms with van der Waals surface area (Å²) in [7, 11) is 0. The van der Waals surface area contributed by atoms with E-state index in [1.165, 1.54) is 6.07 Å². The highest BCUT2D eigenvalue weighted by Gasteiger charge is 2.15. The second-order valence-corrected chi connectivity index (χ2v) is 4.20. The number of rotatable bonds is 5. The molecule has 104 valence electrons. The highest BCUT2D eigenvalue weighted by Crippen LogP contribution is 2.23.